The zero-order valence-electron chi connectivity index (χ0n) is 13.2. The maximum Gasteiger partial charge on any atom is 0.264 e. The van der Waals surface area contributed by atoms with Crippen LogP contribution in [-0.4, -0.2) is 28.4 Å². The predicted octanol–water partition coefficient (Wildman–Crippen LogP) is 2.22. The van der Waals surface area contributed by atoms with Crippen molar-refractivity contribution in [2.45, 2.75) is 31.1 Å². The summed E-state index contributed by atoms with van der Waals surface area (Å²) >= 11 is 0. The second-order valence-corrected chi connectivity index (χ2v) is 7.52. The summed E-state index contributed by atoms with van der Waals surface area (Å²) in [5.74, 6) is -0.311. The first kappa shape index (κ1) is 16.5. The molecule has 22 heavy (non-hydrogen) atoms. The molecule has 0 aromatic heterocycles. The lowest BCUT2D eigenvalue weighted by molar-refractivity contribution is -0.119. The van der Waals surface area contributed by atoms with Crippen LogP contribution in [0.2, 0.25) is 0 Å². The molecule has 1 aliphatic rings. The summed E-state index contributed by atoms with van der Waals surface area (Å²) < 4.78 is 26.8. The van der Waals surface area contributed by atoms with Crippen LogP contribution in [0.4, 0.5) is 5.69 Å². The minimum atomic E-state index is -3.82. The van der Waals surface area contributed by atoms with Crippen molar-refractivity contribution in [3.05, 3.63) is 35.9 Å². The maximum atomic E-state index is 12.3. The van der Waals surface area contributed by atoms with E-state index in [2.05, 4.69) is 4.72 Å². The van der Waals surface area contributed by atoms with Crippen LogP contribution < -0.4 is 9.62 Å². The molecule has 1 N–H and O–H groups in total. The van der Waals surface area contributed by atoms with Gasteiger partial charge >= 0.3 is 0 Å². The second-order valence-electron chi connectivity index (χ2n) is 5.84. The van der Waals surface area contributed by atoms with E-state index in [4.69, 9.17) is 0 Å². The molecule has 0 aliphatic heterocycles. The molecule has 1 aliphatic carbocycles. The van der Waals surface area contributed by atoms with E-state index in [1.807, 2.05) is 38.1 Å². The number of hydrogen-bond acceptors (Lipinski definition) is 4. The van der Waals surface area contributed by atoms with Crippen LogP contribution >= 0.6 is 0 Å². The molecule has 1 atom stereocenters. The van der Waals surface area contributed by atoms with Crippen molar-refractivity contribution in [3.63, 3.8) is 0 Å². The van der Waals surface area contributed by atoms with Crippen LogP contribution in [0.5, 0.6) is 0 Å². The Balaban J connectivity index is 2.14. The molecule has 0 heterocycles. The second kappa shape index (κ2) is 6.52. The lowest BCUT2D eigenvalue weighted by Crippen LogP contribution is -2.31. The minimum absolute atomic E-state index is 0.108. The van der Waals surface area contributed by atoms with Crippen LogP contribution in [0.3, 0.4) is 0 Å². The summed E-state index contributed by atoms with van der Waals surface area (Å²) in [5.41, 5.74) is 1.79. The third-order valence-corrected chi connectivity index (χ3v) is 5.15. The van der Waals surface area contributed by atoms with Crippen LogP contribution in [0.25, 0.3) is 0 Å². The first-order valence-corrected chi connectivity index (χ1v) is 8.78. The van der Waals surface area contributed by atoms with E-state index in [1.54, 1.807) is 12.1 Å². The Bertz CT molecular complexity index is 693. The molecular weight excluding hydrogens is 300 g/mol. The molecule has 1 aromatic rings. The molecule has 2 rings (SSSR count). The summed E-state index contributed by atoms with van der Waals surface area (Å²) in [4.78, 5) is 13.9. The van der Waals surface area contributed by atoms with Gasteiger partial charge in [-0.3, -0.25) is 4.79 Å². The fourth-order valence-corrected chi connectivity index (χ4v) is 3.61. The zero-order valence-corrected chi connectivity index (χ0v) is 14.0. The Labute approximate surface area is 132 Å². The number of rotatable bonds is 5. The van der Waals surface area contributed by atoms with E-state index in [0.717, 1.165) is 24.1 Å². The van der Waals surface area contributed by atoms with Crippen LogP contribution in [0.15, 0.2) is 35.2 Å². The van der Waals surface area contributed by atoms with E-state index in [0.29, 0.717) is 0 Å². The van der Waals surface area contributed by atoms with E-state index in [9.17, 15) is 13.2 Å². The fourth-order valence-electron chi connectivity index (χ4n) is 2.59. The van der Waals surface area contributed by atoms with Crippen molar-refractivity contribution < 1.29 is 13.2 Å². The SMILES string of the molecule is Cc1ccc(S(=O)(=O)NC(=O)C[C@@H]2C=CCC2)cc1N(C)C. The molecular formula is C16H22N2O3S. The maximum absolute atomic E-state index is 12.3. The van der Waals surface area contributed by atoms with Crippen LogP contribution in [-0.2, 0) is 14.8 Å². The van der Waals surface area contributed by atoms with Crippen molar-refractivity contribution in [2.75, 3.05) is 19.0 Å². The Morgan fingerprint density at radius 2 is 2.09 bits per heavy atom. The number of nitrogens with zero attached hydrogens (tertiary/aromatic N) is 1. The third kappa shape index (κ3) is 3.88. The van der Waals surface area contributed by atoms with Gasteiger partial charge in [0.1, 0.15) is 0 Å². The highest BCUT2D eigenvalue weighted by Gasteiger charge is 2.21. The smallest absolute Gasteiger partial charge is 0.264 e. The molecule has 0 spiro atoms. The molecule has 1 amide bonds. The van der Waals surface area contributed by atoms with Gasteiger partial charge in [0.05, 0.1) is 4.90 Å². The Morgan fingerprint density at radius 3 is 2.68 bits per heavy atom. The quantitative estimate of drug-likeness (QED) is 0.844. The molecule has 0 radical (unpaired) electrons. The van der Waals surface area contributed by atoms with Crippen molar-refractivity contribution in [2.24, 2.45) is 5.92 Å². The lowest BCUT2D eigenvalue weighted by Gasteiger charge is -2.17. The number of benzene rings is 1. The highest BCUT2D eigenvalue weighted by molar-refractivity contribution is 7.90. The first-order chi connectivity index (χ1) is 10.3. The molecule has 0 unspecified atom stereocenters. The average Bonchev–Trinajstić information content (AvgIpc) is 2.90. The van der Waals surface area contributed by atoms with Gasteiger partial charge in [0.2, 0.25) is 5.91 Å². The number of aryl methyl sites for hydroxylation is 1. The number of carbonyl (C=O) groups is 1. The molecule has 0 saturated heterocycles. The number of hydrogen-bond donors (Lipinski definition) is 1. The number of sulfonamides is 1. The van der Waals surface area contributed by atoms with E-state index in [1.165, 1.54) is 6.07 Å². The molecule has 120 valence electrons. The Hall–Kier alpha value is -1.82. The molecule has 6 heteroatoms. The van der Waals surface area contributed by atoms with Crippen molar-refractivity contribution in [1.29, 1.82) is 0 Å². The predicted molar refractivity (Wildman–Crippen MR) is 87.3 cm³/mol. The Kier molecular flexibility index (Phi) is 4.90. The molecule has 1 aromatic carbocycles. The van der Waals surface area contributed by atoms with Gasteiger partial charge in [-0.15, -0.1) is 0 Å². The van der Waals surface area contributed by atoms with Gasteiger partial charge in [0.15, 0.2) is 0 Å². The fraction of sp³-hybridized carbons (Fsp3) is 0.438. The summed E-state index contributed by atoms with van der Waals surface area (Å²) in [7, 11) is -0.122. The summed E-state index contributed by atoms with van der Waals surface area (Å²) in [6.45, 7) is 1.91. The standard InChI is InChI=1S/C16H22N2O3S/c1-12-8-9-14(11-15(12)18(2)3)22(20,21)17-16(19)10-13-6-4-5-7-13/h4,6,8-9,11,13H,5,7,10H2,1-3H3,(H,17,19)/t13-/m1/s1. The minimum Gasteiger partial charge on any atom is -0.377 e. The van der Waals surface area contributed by atoms with Gasteiger partial charge in [0.25, 0.3) is 10.0 Å². The van der Waals surface area contributed by atoms with Gasteiger partial charge in [-0.05, 0) is 43.4 Å². The van der Waals surface area contributed by atoms with Crippen molar-refractivity contribution in [1.82, 2.24) is 4.72 Å². The summed E-state index contributed by atoms with van der Waals surface area (Å²) in [6.07, 6.45) is 6.07. The van der Waals surface area contributed by atoms with Crippen molar-refractivity contribution in [3.8, 4) is 0 Å². The van der Waals surface area contributed by atoms with E-state index >= 15 is 0 Å². The topological polar surface area (TPSA) is 66.5 Å². The van der Waals surface area contributed by atoms with Crippen LogP contribution in [0, 0.1) is 12.8 Å². The lowest BCUT2D eigenvalue weighted by atomic mass is 10.1. The summed E-state index contributed by atoms with van der Waals surface area (Å²) in [5, 5.41) is 0. The van der Waals surface area contributed by atoms with Gasteiger partial charge in [-0.2, -0.15) is 0 Å². The van der Waals surface area contributed by atoms with Crippen molar-refractivity contribution >= 4 is 21.6 Å². The van der Waals surface area contributed by atoms with Crippen LogP contribution in [0.1, 0.15) is 24.8 Å². The average molecular weight is 322 g/mol. The number of nitrogens with one attached hydrogen (secondary N) is 1. The molecule has 0 bridgehead atoms. The normalized spacial score (nSPS) is 17.5. The third-order valence-electron chi connectivity index (χ3n) is 3.78. The first-order valence-electron chi connectivity index (χ1n) is 7.30. The molecule has 5 nitrogen and oxygen atoms in total. The highest BCUT2D eigenvalue weighted by atomic mass is 32.2. The number of amides is 1. The molecule has 0 fully saturated rings. The zero-order chi connectivity index (χ0) is 16.3. The highest BCUT2D eigenvalue weighted by Crippen LogP contribution is 2.23. The Morgan fingerprint density at radius 1 is 1.36 bits per heavy atom. The largest absolute Gasteiger partial charge is 0.377 e. The monoisotopic (exact) mass is 322 g/mol. The van der Waals surface area contributed by atoms with Gasteiger partial charge in [0, 0.05) is 26.2 Å². The summed E-state index contributed by atoms with van der Waals surface area (Å²) in [6, 6.07) is 4.85. The van der Waals surface area contributed by atoms with Gasteiger partial charge in [-0.1, -0.05) is 18.2 Å². The molecule has 0 saturated carbocycles. The van der Waals surface area contributed by atoms with E-state index in [-0.39, 0.29) is 17.2 Å². The number of allylic oxidation sites excluding steroid dienone is 2. The van der Waals surface area contributed by atoms with Gasteiger partial charge in [-0.25, -0.2) is 13.1 Å². The number of carbonyl (C=O) groups excluding carboxylic acids is 1. The number of anilines is 1. The van der Waals surface area contributed by atoms with E-state index < -0.39 is 15.9 Å². The van der Waals surface area contributed by atoms with Gasteiger partial charge < -0.3 is 4.90 Å².